The van der Waals surface area contributed by atoms with Crippen LogP contribution in [0.15, 0.2) is 36.4 Å². The van der Waals surface area contributed by atoms with Crippen LogP contribution < -0.4 is 49.9 Å². The molecule has 0 spiro atoms. The first kappa shape index (κ1) is 18.5. The van der Waals surface area contributed by atoms with E-state index in [0.29, 0.717) is 11.1 Å². The monoisotopic (exact) mass is 383 g/mol. The fourth-order valence-corrected chi connectivity index (χ4v) is 2.73. The van der Waals surface area contributed by atoms with Gasteiger partial charge in [0.15, 0.2) is 5.75 Å². The lowest BCUT2D eigenvalue weighted by atomic mass is 10.00. The highest BCUT2D eigenvalue weighted by Gasteiger charge is 2.16. The van der Waals surface area contributed by atoms with Crippen molar-refractivity contribution in [3.63, 3.8) is 0 Å². The van der Waals surface area contributed by atoms with E-state index in [1.54, 1.807) is 12.1 Å². The summed E-state index contributed by atoms with van der Waals surface area (Å²) in [7, 11) is 0. The van der Waals surface area contributed by atoms with Crippen molar-refractivity contribution in [2.75, 3.05) is 40.1 Å². The molecule has 0 heterocycles. The number of phenolic OH excluding ortho intramolecular Hbond substituents is 1. The minimum Gasteiger partial charge on any atom is -0.508 e. The summed E-state index contributed by atoms with van der Waals surface area (Å²) in [5, 5.41) is 9.58. The maximum absolute atomic E-state index is 9.58. The van der Waals surface area contributed by atoms with Gasteiger partial charge in [-0.3, -0.25) is 9.78 Å². The van der Waals surface area contributed by atoms with Crippen LogP contribution in [0.25, 0.3) is 11.1 Å². The van der Waals surface area contributed by atoms with E-state index < -0.39 is 0 Å². The first-order chi connectivity index (χ1) is 13.2. The number of hydrogen-bond acceptors (Lipinski definition) is 10. The quantitative estimate of drug-likeness (QED) is 0.184. The molecule has 0 radical (unpaired) electrons. The van der Waals surface area contributed by atoms with Crippen LogP contribution in [0.4, 0.5) is 39.8 Å². The van der Waals surface area contributed by atoms with Crippen molar-refractivity contribution in [2.45, 2.75) is 0 Å². The largest absolute Gasteiger partial charge is 0.508 e. The second kappa shape index (κ2) is 6.76. The third kappa shape index (κ3) is 3.33. The van der Waals surface area contributed by atoms with Gasteiger partial charge < -0.3 is 45.2 Å². The molecule has 0 aliphatic rings. The van der Waals surface area contributed by atoms with Crippen LogP contribution in [-0.4, -0.2) is 5.11 Å². The average Bonchev–Trinajstić information content (AvgIpc) is 2.58. The van der Waals surface area contributed by atoms with E-state index >= 15 is 0 Å². The van der Waals surface area contributed by atoms with Crippen LogP contribution in [0, 0.1) is 0 Å². The molecule has 10 heteroatoms. The van der Waals surface area contributed by atoms with Gasteiger partial charge in [0.05, 0.1) is 28.4 Å². The summed E-state index contributed by atoms with van der Waals surface area (Å²) in [4.78, 5) is 10.5. The SMILES string of the molecule is Nc1cc(OOc2c(N)cc(-c3c(N)cc(O)cc3N)cc2N)cc(N)c1N. The molecule has 0 bridgehead atoms. The number of hydrogen-bond donors (Lipinski definition) is 8. The van der Waals surface area contributed by atoms with Crippen molar-refractivity contribution in [1.29, 1.82) is 0 Å². The minimum atomic E-state index is -0.0462. The molecule has 0 aliphatic heterocycles. The van der Waals surface area contributed by atoms with Crippen LogP contribution in [0.1, 0.15) is 0 Å². The molecule has 3 aromatic rings. The number of aromatic hydroxyl groups is 1. The normalized spacial score (nSPS) is 10.6. The predicted octanol–water partition coefficient (Wildman–Crippen LogP) is 1.51. The lowest BCUT2D eigenvalue weighted by Crippen LogP contribution is -2.08. The van der Waals surface area contributed by atoms with Crippen LogP contribution >= 0.6 is 0 Å². The first-order valence-electron chi connectivity index (χ1n) is 8.03. The van der Waals surface area contributed by atoms with Crippen LogP contribution in [0.2, 0.25) is 0 Å². The number of rotatable bonds is 4. The highest BCUT2D eigenvalue weighted by Crippen LogP contribution is 2.41. The van der Waals surface area contributed by atoms with Gasteiger partial charge in [-0.2, -0.15) is 0 Å². The van der Waals surface area contributed by atoms with Crippen molar-refractivity contribution in [3.8, 4) is 28.4 Å². The molecule has 146 valence electrons. The van der Waals surface area contributed by atoms with E-state index in [-0.39, 0.29) is 57.1 Å². The Kier molecular flexibility index (Phi) is 4.45. The highest BCUT2D eigenvalue weighted by molar-refractivity contribution is 5.91. The Balaban J connectivity index is 1.91. The minimum absolute atomic E-state index is 0.0462. The molecule has 3 rings (SSSR count). The molecule has 3 aromatic carbocycles. The molecule has 0 atom stereocenters. The molecular formula is C18H21N7O3. The van der Waals surface area contributed by atoms with E-state index in [2.05, 4.69) is 0 Å². The molecule has 10 nitrogen and oxygen atoms in total. The Morgan fingerprint density at radius 1 is 0.571 bits per heavy atom. The lowest BCUT2D eigenvalue weighted by Gasteiger charge is -2.15. The second-order valence-corrected chi connectivity index (χ2v) is 6.17. The van der Waals surface area contributed by atoms with Gasteiger partial charge in [-0.1, -0.05) is 0 Å². The van der Waals surface area contributed by atoms with Crippen LogP contribution in [-0.2, 0) is 0 Å². The Hall–Kier alpha value is -4.34. The van der Waals surface area contributed by atoms with Crippen molar-refractivity contribution < 1.29 is 14.9 Å². The van der Waals surface area contributed by atoms with Gasteiger partial charge in [-0.25, -0.2) is 0 Å². The van der Waals surface area contributed by atoms with Crippen molar-refractivity contribution in [1.82, 2.24) is 0 Å². The molecule has 28 heavy (non-hydrogen) atoms. The molecule has 0 aromatic heterocycles. The number of benzene rings is 3. The zero-order chi connectivity index (χ0) is 20.6. The Bertz CT molecular complexity index is 1000. The van der Waals surface area contributed by atoms with Gasteiger partial charge in [0, 0.05) is 41.2 Å². The van der Waals surface area contributed by atoms with Gasteiger partial charge in [0.1, 0.15) is 5.75 Å². The van der Waals surface area contributed by atoms with Crippen molar-refractivity contribution in [2.24, 2.45) is 0 Å². The number of anilines is 7. The number of nitrogen functional groups attached to an aromatic ring is 7. The summed E-state index contributed by atoms with van der Waals surface area (Å²) < 4.78 is 0. The molecular weight excluding hydrogens is 362 g/mol. The molecule has 0 amide bonds. The topological polar surface area (TPSA) is 221 Å². The molecule has 0 aliphatic carbocycles. The fraction of sp³-hybridized carbons (Fsp3) is 0. The molecule has 0 saturated carbocycles. The van der Waals surface area contributed by atoms with Gasteiger partial charge in [-0.15, -0.1) is 0 Å². The zero-order valence-corrected chi connectivity index (χ0v) is 14.8. The van der Waals surface area contributed by atoms with E-state index in [0.717, 1.165) is 0 Å². The summed E-state index contributed by atoms with van der Waals surface area (Å²) >= 11 is 0. The third-order valence-corrected chi connectivity index (χ3v) is 4.06. The molecule has 0 fully saturated rings. The fourth-order valence-electron chi connectivity index (χ4n) is 2.73. The number of phenols is 1. The highest BCUT2D eigenvalue weighted by atomic mass is 17.2. The molecule has 0 saturated heterocycles. The Labute approximate surface area is 160 Å². The summed E-state index contributed by atoms with van der Waals surface area (Å²) in [5.74, 6) is 0.267. The predicted molar refractivity (Wildman–Crippen MR) is 112 cm³/mol. The van der Waals surface area contributed by atoms with Crippen molar-refractivity contribution >= 4 is 39.8 Å². The average molecular weight is 383 g/mol. The first-order valence-corrected chi connectivity index (χ1v) is 8.03. The maximum atomic E-state index is 9.58. The summed E-state index contributed by atoms with van der Waals surface area (Å²) in [6.45, 7) is 0. The Morgan fingerprint density at radius 3 is 1.57 bits per heavy atom. The van der Waals surface area contributed by atoms with Crippen LogP contribution in [0.3, 0.4) is 0 Å². The summed E-state index contributed by atoms with van der Waals surface area (Å²) in [6.07, 6.45) is 0. The molecule has 15 N–H and O–H groups in total. The third-order valence-electron chi connectivity index (χ3n) is 4.06. The maximum Gasteiger partial charge on any atom is 0.224 e. The smallest absolute Gasteiger partial charge is 0.224 e. The van der Waals surface area contributed by atoms with E-state index in [9.17, 15) is 5.11 Å². The van der Waals surface area contributed by atoms with E-state index in [4.69, 9.17) is 49.9 Å². The standard InChI is InChI=1S/C18H21N7O3/c19-10-3-8(26)4-11(20)16(10)7-1-14(23)18(15(24)2-7)28-27-9-5-12(21)17(25)13(22)6-9/h1-6,26H,19-25H2. The van der Waals surface area contributed by atoms with Crippen LogP contribution in [0.5, 0.6) is 17.2 Å². The molecule has 0 unspecified atom stereocenters. The van der Waals surface area contributed by atoms with E-state index in [1.165, 1.54) is 24.3 Å². The summed E-state index contributed by atoms with van der Waals surface area (Å²) in [6, 6.07) is 8.79. The van der Waals surface area contributed by atoms with Gasteiger partial charge >= 0.3 is 0 Å². The zero-order valence-electron chi connectivity index (χ0n) is 14.8. The Morgan fingerprint density at radius 2 is 1.07 bits per heavy atom. The van der Waals surface area contributed by atoms with Gasteiger partial charge in [-0.05, 0) is 17.7 Å². The van der Waals surface area contributed by atoms with Gasteiger partial charge in [0.25, 0.3) is 0 Å². The lowest BCUT2D eigenvalue weighted by molar-refractivity contribution is -0.0982. The van der Waals surface area contributed by atoms with E-state index in [1.807, 2.05) is 0 Å². The second-order valence-electron chi connectivity index (χ2n) is 6.17. The van der Waals surface area contributed by atoms with Gasteiger partial charge in [0.2, 0.25) is 5.75 Å². The number of nitrogens with two attached hydrogens (primary N) is 7. The van der Waals surface area contributed by atoms with Crippen molar-refractivity contribution in [3.05, 3.63) is 36.4 Å². The summed E-state index contributed by atoms with van der Waals surface area (Å²) in [5.41, 5.74) is 43.9.